The Balaban J connectivity index is 0.992. The number of likely N-dealkylation sites (tertiary alicyclic amines) is 2. The van der Waals surface area contributed by atoms with Crippen LogP contribution in [0.1, 0.15) is 48.9 Å². The van der Waals surface area contributed by atoms with Crippen LogP contribution in [0.3, 0.4) is 0 Å². The number of carbonyl (C=O) groups excluding carboxylic acids is 4. The van der Waals surface area contributed by atoms with Crippen LogP contribution in [0, 0.1) is 0 Å². The summed E-state index contributed by atoms with van der Waals surface area (Å²) >= 11 is 0. The molecule has 56 heavy (non-hydrogen) atoms. The number of carbonyl (C=O) groups is 5. The van der Waals surface area contributed by atoms with Gasteiger partial charge in [-0.15, -0.1) is 0 Å². The minimum Gasteiger partial charge on any atom is -0.465 e. The van der Waals surface area contributed by atoms with Crippen LogP contribution in [-0.4, -0.2) is 93.8 Å². The summed E-state index contributed by atoms with van der Waals surface area (Å²) in [6.45, 7) is 0.869. The average Bonchev–Trinajstić information content (AvgIpc) is 3.98. The molecular formula is C43H45N7O6. The second kappa shape index (κ2) is 16.5. The van der Waals surface area contributed by atoms with E-state index in [1.165, 1.54) is 4.90 Å². The fraction of sp³-hybridized carbons (Fsp3) is 0.279. The summed E-state index contributed by atoms with van der Waals surface area (Å²) in [5.74, 6) is -1.12. The summed E-state index contributed by atoms with van der Waals surface area (Å²) in [6.07, 6.45) is 1.10. The first-order valence-corrected chi connectivity index (χ1v) is 18.8. The fourth-order valence-electron chi connectivity index (χ4n) is 7.83. The molecule has 2 aliphatic rings. The highest BCUT2D eigenvalue weighted by atomic mass is 16.4. The maximum Gasteiger partial charge on any atom is 0.405 e. The first-order valence-electron chi connectivity index (χ1n) is 18.8. The van der Waals surface area contributed by atoms with E-state index in [1.807, 2.05) is 91.8 Å². The molecule has 5 aromatic rings. The second-order valence-corrected chi connectivity index (χ2v) is 14.5. The number of hydrogen-bond acceptors (Lipinski definition) is 6. The van der Waals surface area contributed by atoms with Crippen molar-refractivity contribution in [2.45, 2.75) is 49.9 Å². The van der Waals surface area contributed by atoms with Crippen molar-refractivity contribution in [1.29, 1.82) is 0 Å². The lowest BCUT2D eigenvalue weighted by molar-refractivity contribution is -0.140. The van der Waals surface area contributed by atoms with E-state index < -0.39 is 36.2 Å². The number of carboxylic acid groups (broad SMARTS) is 1. The molecule has 2 fully saturated rings. The Morgan fingerprint density at radius 3 is 1.84 bits per heavy atom. The SMILES string of the molecule is CN(C)[C@@H](C(=O)N1CCC[C@H]1C(=O)Nc1ccc(-c2cc3cc(NC(=O)[C@@H]4CCCN4C(=O)[C@H](NC(=O)O)c4ccccc4)ccc3[nH]2)cc1)c1ccccc1. The molecular weight excluding hydrogens is 711 g/mol. The lowest BCUT2D eigenvalue weighted by Gasteiger charge is -2.31. The van der Waals surface area contributed by atoms with Crippen LogP contribution in [0.5, 0.6) is 0 Å². The number of aromatic amines is 1. The molecule has 0 radical (unpaired) electrons. The monoisotopic (exact) mass is 755 g/mol. The number of rotatable bonds is 11. The van der Waals surface area contributed by atoms with Crippen LogP contribution in [0.25, 0.3) is 22.2 Å². The number of amides is 5. The van der Waals surface area contributed by atoms with Gasteiger partial charge in [0.25, 0.3) is 5.91 Å². The first-order chi connectivity index (χ1) is 27.1. The molecule has 13 heteroatoms. The maximum absolute atomic E-state index is 13.7. The quantitative estimate of drug-likeness (QED) is 0.110. The number of likely N-dealkylation sites (N-methyl/N-ethyl adjacent to an activating group) is 1. The van der Waals surface area contributed by atoms with Crippen LogP contribution in [0.2, 0.25) is 0 Å². The molecule has 4 aromatic carbocycles. The molecule has 5 N–H and O–H groups in total. The zero-order valence-electron chi connectivity index (χ0n) is 31.3. The lowest BCUT2D eigenvalue weighted by Crippen LogP contribution is -2.48. The zero-order valence-corrected chi connectivity index (χ0v) is 31.3. The van der Waals surface area contributed by atoms with Crippen LogP contribution in [-0.2, 0) is 19.2 Å². The topological polar surface area (TPSA) is 167 Å². The summed E-state index contributed by atoms with van der Waals surface area (Å²) in [7, 11) is 3.74. The van der Waals surface area contributed by atoms with Gasteiger partial charge in [0.1, 0.15) is 24.2 Å². The summed E-state index contributed by atoms with van der Waals surface area (Å²) in [5.41, 5.74) is 5.17. The van der Waals surface area contributed by atoms with E-state index in [4.69, 9.17) is 0 Å². The number of nitrogens with zero attached hydrogens (tertiary/aromatic N) is 3. The van der Waals surface area contributed by atoms with Crippen molar-refractivity contribution in [2.75, 3.05) is 37.8 Å². The Bertz CT molecular complexity index is 2220. The molecule has 1 aromatic heterocycles. The molecule has 0 unspecified atom stereocenters. The number of nitrogens with one attached hydrogen (secondary N) is 4. The van der Waals surface area contributed by atoms with Crippen molar-refractivity contribution in [3.63, 3.8) is 0 Å². The molecule has 0 aliphatic carbocycles. The molecule has 0 saturated carbocycles. The molecule has 2 saturated heterocycles. The van der Waals surface area contributed by atoms with Gasteiger partial charge < -0.3 is 35.8 Å². The molecule has 5 amide bonds. The third kappa shape index (κ3) is 8.13. The van der Waals surface area contributed by atoms with E-state index >= 15 is 0 Å². The van der Waals surface area contributed by atoms with E-state index in [9.17, 15) is 29.1 Å². The van der Waals surface area contributed by atoms with Gasteiger partial charge in [0.15, 0.2) is 0 Å². The van der Waals surface area contributed by atoms with Crippen LogP contribution < -0.4 is 16.0 Å². The Labute approximate surface area is 324 Å². The number of aromatic nitrogens is 1. The summed E-state index contributed by atoms with van der Waals surface area (Å²) in [5, 5.41) is 18.6. The number of H-pyrrole nitrogens is 1. The van der Waals surface area contributed by atoms with Gasteiger partial charge in [0.2, 0.25) is 17.7 Å². The van der Waals surface area contributed by atoms with Gasteiger partial charge in [0, 0.05) is 41.1 Å². The number of benzene rings is 4. The molecule has 7 rings (SSSR count). The fourth-order valence-corrected chi connectivity index (χ4v) is 7.83. The summed E-state index contributed by atoms with van der Waals surface area (Å²) in [4.78, 5) is 74.4. The Kier molecular flexibility index (Phi) is 11.1. The smallest absolute Gasteiger partial charge is 0.405 e. The molecule has 0 spiro atoms. The van der Waals surface area contributed by atoms with Crippen molar-refractivity contribution in [3.05, 3.63) is 120 Å². The van der Waals surface area contributed by atoms with E-state index in [1.54, 1.807) is 41.3 Å². The van der Waals surface area contributed by atoms with Gasteiger partial charge in [-0.3, -0.25) is 24.1 Å². The van der Waals surface area contributed by atoms with Gasteiger partial charge in [-0.2, -0.15) is 0 Å². The normalized spacial score (nSPS) is 17.8. The number of fused-ring (bicyclic) bond motifs is 1. The van der Waals surface area contributed by atoms with Gasteiger partial charge in [0.05, 0.1) is 0 Å². The Morgan fingerprint density at radius 2 is 1.25 bits per heavy atom. The lowest BCUT2D eigenvalue weighted by atomic mass is 10.0. The molecule has 3 heterocycles. The van der Waals surface area contributed by atoms with Crippen molar-refractivity contribution in [3.8, 4) is 11.3 Å². The first kappa shape index (κ1) is 37.8. The van der Waals surface area contributed by atoms with Gasteiger partial charge in [-0.05, 0) is 92.9 Å². The predicted octanol–water partition coefficient (Wildman–Crippen LogP) is 6.01. The standard InChI is InChI=1S/C43H45N7O6/c1-48(2)38(29-13-7-4-8-14-29)42(54)50-24-10-16-36(50)39(51)44-31-19-17-27(18-20-31)34-26-30-25-32(21-22-33(30)46-34)45-40(52)35-15-9-23-49(35)41(53)37(47-43(55)56)28-11-5-3-6-12-28/h3-8,11-14,17-22,25-26,35-38,46-47H,9-10,15-16,23-24H2,1-2H3,(H,44,51)(H,45,52)(H,55,56)/t35-,36-,37+,38+/m0/s1. The van der Waals surface area contributed by atoms with Gasteiger partial charge >= 0.3 is 6.09 Å². The Hall–Kier alpha value is -6.47. The van der Waals surface area contributed by atoms with Crippen molar-refractivity contribution >= 4 is 52.0 Å². The van der Waals surface area contributed by atoms with E-state index in [0.29, 0.717) is 49.3 Å². The Morgan fingerprint density at radius 1 is 0.696 bits per heavy atom. The number of anilines is 2. The van der Waals surface area contributed by atoms with Gasteiger partial charge in [-0.25, -0.2) is 4.79 Å². The highest BCUT2D eigenvalue weighted by Gasteiger charge is 2.40. The minimum atomic E-state index is -1.33. The van der Waals surface area contributed by atoms with Gasteiger partial charge in [-0.1, -0.05) is 72.8 Å². The third-order valence-electron chi connectivity index (χ3n) is 10.5. The van der Waals surface area contributed by atoms with Crippen molar-refractivity contribution in [1.82, 2.24) is 25.0 Å². The largest absolute Gasteiger partial charge is 0.465 e. The summed E-state index contributed by atoms with van der Waals surface area (Å²) < 4.78 is 0. The highest BCUT2D eigenvalue weighted by Crippen LogP contribution is 2.31. The molecule has 2 aliphatic heterocycles. The van der Waals surface area contributed by atoms with Crippen molar-refractivity contribution in [2.24, 2.45) is 0 Å². The minimum absolute atomic E-state index is 0.0890. The second-order valence-electron chi connectivity index (χ2n) is 14.5. The van der Waals surface area contributed by atoms with E-state index in [-0.39, 0.29) is 17.7 Å². The van der Waals surface area contributed by atoms with Crippen LogP contribution >= 0.6 is 0 Å². The van der Waals surface area contributed by atoms with E-state index in [0.717, 1.165) is 34.1 Å². The molecule has 0 bridgehead atoms. The molecule has 13 nitrogen and oxygen atoms in total. The highest BCUT2D eigenvalue weighted by molar-refractivity contribution is 6.01. The van der Waals surface area contributed by atoms with Crippen LogP contribution in [0.4, 0.5) is 16.2 Å². The predicted molar refractivity (Wildman–Crippen MR) is 214 cm³/mol. The van der Waals surface area contributed by atoms with Crippen molar-refractivity contribution < 1.29 is 29.1 Å². The van der Waals surface area contributed by atoms with E-state index in [2.05, 4.69) is 20.9 Å². The average molecular weight is 756 g/mol. The molecule has 4 atom stereocenters. The summed E-state index contributed by atoms with van der Waals surface area (Å²) in [6, 6.07) is 30.3. The number of hydrogen-bond donors (Lipinski definition) is 5. The van der Waals surface area contributed by atoms with Crippen LogP contribution in [0.15, 0.2) is 109 Å². The third-order valence-corrected chi connectivity index (χ3v) is 10.5. The molecule has 288 valence electrons. The zero-order chi connectivity index (χ0) is 39.3. The maximum atomic E-state index is 13.7.